The van der Waals surface area contributed by atoms with E-state index in [9.17, 15) is 27.9 Å². The number of Topliss-reactive ketones (excluding diaryl/α,β-unsaturated/α-hetero) is 1. The maximum atomic E-state index is 13.0. The van der Waals surface area contributed by atoms with Crippen LogP contribution in [0.15, 0.2) is 48.5 Å². The Morgan fingerprint density at radius 2 is 1.68 bits per heavy atom. The number of hydrogen-bond acceptors (Lipinski definition) is 3. The van der Waals surface area contributed by atoms with Crippen molar-refractivity contribution in [2.45, 2.75) is 43.6 Å². The second kappa shape index (κ2) is 6.95. The third-order valence-electron chi connectivity index (χ3n) is 6.41. The second-order valence-electron chi connectivity index (χ2n) is 8.17. The molecule has 1 saturated heterocycles. The zero-order valence-corrected chi connectivity index (χ0v) is 16.3. The Bertz CT molecular complexity index is 1180. The number of aliphatic carboxylic acids is 1. The van der Waals surface area contributed by atoms with Crippen LogP contribution >= 0.6 is 0 Å². The highest BCUT2D eigenvalue weighted by Crippen LogP contribution is 2.47. The SMILES string of the molecule is O=C1CC(c2ccc(C(F)(F)F)cc2)N2C(C1)c1[nH]c3ccccc3c1C[C@H]2C(=O)O. The Labute approximate surface area is 175 Å². The Morgan fingerprint density at radius 3 is 2.35 bits per heavy atom. The average molecular weight is 428 g/mol. The first-order chi connectivity index (χ1) is 14.7. The van der Waals surface area contributed by atoms with Gasteiger partial charge in [0.25, 0.3) is 0 Å². The smallest absolute Gasteiger partial charge is 0.416 e. The lowest BCUT2D eigenvalue weighted by Gasteiger charge is -2.47. The summed E-state index contributed by atoms with van der Waals surface area (Å²) in [4.78, 5) is 30.1. The zero-order chi connectivity index (χ0) is 21.9. The van der Waals surface area contributed by atoms with Crippen LogP contribution in [0.25, 0.3) is 10.9 Å². The zero-order valence-electron chi connectivity index (χ0n) is 16.3. The van der Waals surface area contributed by atoms with E-state index in [4.69, 9.17) is 0 Å². The van der Waals surface area contributed by atoms with E-state index in [1.54, 1.807) is 4.90 Å². The fraction of sp³-hybridized carbons (Fsp3) is 0.304. The molecule has 5 nitrogen and oxygen atoms in total. The molecule has 1 fully saturated rings. The molecule has 0 bridgehead atoms. The number of H-pyrrole nitrogens is 1. The van der Waals surface area contributed by atoms with Crippen LogP contribution in [0.3, 0.4) is 0 Å². The van der Waals surface area contributed by atoms with Crippen molar-refractivity contribution in [3.05, 3.63) is 70.9 Å². The number of carboxylic acids is 1. The summed E-state index contributed by atoms with van der Waals surface area (Å²) in [5.74, 6) is -1.05. The van der Waals surface area contributed by atoms with Gasteiger partial charge in [0, 0.05) is 41.9 Å². The van der Waals surface area contributed by atoms with E-state index in [1.165, 1.54) is 12.1 Å². The minimum absolute atomic E-state index is 0.0400. The molecule has 0 aliphatic carbocycles. The lowest BCUT2D eigenvalue weighted by molar-refractivity contribution is -0.150. The molecule has 0 amide bonds. The number of alkyl halides is 3. The summed E-state index contributed by atoms with van der Waals surface area (Å²) in [5, 5.41) is 10.9. The number of hydrogen-bond donors (Lipinski definition) is 2. The topological polar surface area (TPSA) is 73.4 Å². The van der Waals surface area contributed by atoms with Crippen molar-refractivity contribution in [3.63, 3.8) is 0 Å². The van der Waals surface area contributed by atoms with Gasteiger partial charge in [0.2, 0.25) is 0 Å². The summed E-state index contributed by atoms with van der Waals surface area (Å²) in [6, 6.07) is 10.3. The molecule has 2 unspecified atom stereocenters. The molecule has 0 spiro atoms. The molecule has 31 heavy (non-hydrogen) atoms. The van der Waals surface area contributed by atoms with Gasteiger partial charge < -0.3 is 10.1 Å². The molecule has 8 heteroatoms. The van der Waals surface area contributed by atoms with E-state index in [2.05, 4.69) is 4.98 Å². The van der Waals surface area contributed by atoms with E-state index in [1.807, 2.05) is 24.3 Å². The summed E-state index contributed by atoms with van der Waals surface area (Å²) in [6.45, 7) is 0. The number of ketones is 1. The number of fused-ring (bicyclic) bond motifs is 5. The molecule has 3 heterocycles. The predicted molar refractivity (Wildman–Crippen MR) is 106 cm³/mol. The highest BCUT2D eigenvalue weighted by atomic mass is 19.4. The lowest BCUT2D eigenvalue weighted by Crippen LogP contribution is -2.52. The number of aromatic amines is 1. The Balaban J connectivity index is 1.62. The van der Waals surface area contributed by atoms with Crippen LogP contribution in [0.1, 0.15) is 47.3 Å². The second-order valence-corrected chi connectivity index (χ2v) is 8.17. The van der Waals surface area contributed by atoms with E-state index in [0.29, 0.717) is 5.56 Å². The summed E-state index contributed by atoms with van der Waals surface area (Å²) in [5.41, 5.74) is 2.33. The number of rotatable bonds is 2. The van der Waals surface area contributed by atoms with Crippen molar-refractivity contribution in [2.75, 3.05) is 0 Å². The Morgan fingerprint density at radius 1 is 1.00 bits per heavy atom. The van der Waals surface area contributed by atoms with E-state index < -0.39 is 35.8 Å². The Hall–Kier alpha value is -3.13. The van der Waals surface area contributed by atoms with Gasteiger partial charge in [-0.15, -0.1) is 0 Å². The molecule has 2 N–H and O–H groups in total. The van der Waals surface area contributed by atoms with Gasteiger partial charge in [-0.25, -0.2) is 0 Å². The van der Waals surface area contributed by atoms with Crippen LogP contribution in [-0.4, -0.2) is 32.8 Å². The number of benzene rings is 2. The molecule has 0 saturated carbocycles. The number of piperidine rings is 1. The van der Waals surface area contributed by atoms with Crippen molar-refractivity contribution in [3.8, 4) is 0 Å². The predicted octanol–water partition coefficient (Wildman–Crippen LogP) is 4.64. The van der Waals surface area contributed by atoms with Crippen molar-refractivity contribution < 1.29 is 27.9 Å². The minimum Gasteiger partial charge on any atom is -0.480 e. The number of para-hydroxylation sites is 1. The first-order valence-electron chi connectivity index (χ1n) is 10.0. The van der Waals surface area contributed by atoms with Crippen LogP contribution in [0.4, 0.5) is 13.2 Å². The molecule has 5 rings (SSSR count). The maximum absolute atomic E-state index is 13.0. The minimum atomic E-state index is -4.46. The van der Waals surface area contributed by atoms with Gasteiger partial charge in [-0.2, -0.15) is 13.2 Å². The molecule has 3 aromatic rings. The standard InChI is InChI=1S/C23H19F3N2O3/c24-23(25,26)13-7-5-12(6-8-13)18-9-14(29)10-19-21-16(11-20(22(30)31)28(18)19)15-3-1-2-4-17(15)27-21/h1-8,18-20,27H,9-11H2,(H,30,31)/t18?,19?,20-/m0/s1. The van der Waals surface area contributed by atoms with Gasteiger partial charge in [0.1, 0.15) is 11.8 Å². The number of nitrogens with one attached hydrogen (secondary N) is 1. The number of carboxylic acid groups (broad SMARTS) is 1. The number of aromatic nitrogens is 1. The number of nitrogens with zero attached hydrogens (tertiary/aromatic N) is 1. The highest BCUT2D eigenvalue weighted by Gasteiger charge is 2.47. The van der Waals surface area contributed by atoms with Gasteiger partial charge in [-0.1, -0.05) is 30.3 Å². The van der Waals surface area contributed by atoms with Gasteiger partial charge in [0.15, 0.2) is 0 Å². The van der Waals surface area contributed by atoms with Crippen molar-refractivity contribution in [2.24, 2.45) is 0 Å². The fourth-order valence-electron chi connectivity index (χ4n) is 5.05. The van der Waals surface area contributed by atoms with Crippen LogP contribution in [0.5, 0.6) is 0 Å². The molecular weight excluding hydrogens is 409 g/mol. The van der Waals surface area contributed by atoms with E-state index in [-0.39, 0.29) is 25.0 Å². The van der Waals surface area contributed by atoms with E-state index >= 15 is 0 Å². The third-order valence-corrected chi connectivity index (χ3v) is 6.41. The molecule has 1 aromatic heterocycles. The van der Waals surface area contributed by atoms with Gasteiger partial charge >= 0.3 is 12.1 Å². The van der Waals surface area contributed by atoms with Gasteiger partial charge in [-0.05, 0) is 29.3 Å². The summed E-state index contributed by atoms with van der Waals surface area (Å²) in [6.07, 6.45) is -3.96. The number of halogens is 3. The molecule has 3 atom stereocenters. The first kappa shape index (κ1) is 19.8. The molecule has 160 valence electrons. The quantitative estimate of drug-likeness (QED) is 0.624. The monoisotopic (exact) mass is 428 g/mol. The lowest BCUT2D eigenvalue weighted by atomic mass is 9.81. The molecule has 2 aliphatic heterocycles. The van der Waals surface area contributed by atoms with Crippen molar-refractivity contribution in [1.82, 2.24) is 9.88 Å². The Kier molecular flexibility index (Phi) is 4.44. The fourth-order valence-corrected chi connectivity index (χ4v) is 5.05. The highest BCUT2D eigenvalue weighted by molar-refractivity contribution is 5.88. The first-order valence-corrected chi connectivity index (χ1v) is 10.0. The third kappa shape index (κ3) is 3.22. The van der Waals surface area contributed by atoms with Gasteiger partial charge in [0.05, 0.1) is 11.6 Å². The molecule has 2 aliphatic rings. The summed E-state index contributed by atoms with van der Waals surface area (Å²) >= 11 is 0. The summed E-state index contributed by atoms with van der Waals surface area (Å²) in [7, 11) is 0. The average Bonchev–Trinajstić information content (AvgIpc) is 3.11. The van der Waals surface area contributed by atoms with Crippen LogP contribution in [0.2, 0.25) is 0 Å². The molecule has 0 radical (unpaired) electrons. The number of carbonyl (C=O) groups excluding carboxylic acids is 1. The molecule has 2 aromatic carbocycles. The van der Waals surface area contributed by atoms with Crippen LogP contribution in [-0.2, 0) is 22.2 Å². The largest absolute Gasteiger partial charge is 0.480 e. The van der Waals surface area contributed by atoms with Crippen LogP contribution < -0.4 is 0 Å². The van der Waals surface area contributed by atoms with Crippen molar-refractivity contribution in [1.29, 1.82) is 0 Å². The number of carbonyl (C=O) groups is 2. The van der Waals surface area contributed by atoms with Crippen molar-refractivity contribution >= 4 is 22.7 Å². The summed E-state index contributed by atoms with van der Waals surface area (Å²) < 4.78 is 38.9. The van der Waals surface area contributed by atoms with Crippen LogP contribution in [0, 0.1) is 0 Å². The molecular formula is C23H19F3N2O3. The normalized spacial score (nSPS) is 24.1. The van der Waals surface area contributed by atoms with Gasteiger partial charge in [-0.3, -0.25) is 14.5 Å². The maximum Gasteiger partial charge on any atom is 0.416 e. The van der Waals surface area contributed by atoms with E-state index in [0.717, 1.165) is 34.3 Å².